The van der Waals surface area contributed by atoms with Gasteiger partial charge in [0.15, 0.2) is 0 Å². The van der Waals surface area contributed by atoms with Gasteiger partial charge in [-0.25, -0.2) is 0 Å². The fraction of sp³-hybridized carbons (Fsp3) is 0.292. The number of rotatable bonds is 3. The smallest absolute Gasteiger partial charge is 0.248 e. The molecule has 3 aromatic rings. The number of aromatic amines is 1. The summed E-state index contributed by atoms with van der Waals surface area (Å²) in [4.78, 5) is 41.8. The first-order chi connectivity index (χ1) is 14.2. The van der Waals surface area contributed by atoms with Gasteiger partial charge < -0.3 is 15.2 Å². The number of para-hydroxylation sites is 1. The number of nitrogens with one attached hydrogen (secondary N) is 2. The number of carbonyl (C=O) groups is 2. The fourth-order valence-corrected chi connectivity index (χ4v) is 3.94. The molecule has 1 atom stereocenters. The second kappa shape index (κ2) is 7.44. The number of amides is 2. The van der Waals surface area contributed by atoms with Crippen LogP contribution >= 0.6 is 0 Å². The van der Waals surface area contributed by atoms with Gasteiger partial charge in [0.25, 0.3) is 0 Å². The van der Waals surface area contributed by atoms with Crippen molar-refractivity contribution in [2.75, 3.05) is 16.8 Å². The Morgan fingerprint density at radius 1 is 1.07 bits per heavy atom. The lowest BCUT2D eigenvalue weighted by Crippen LogP contribution is -2.28. The van der Waals surface area contributed by atoms with E-state index in [0.717, 1.165) is 16.6 Å². The minimum absolute atomic E-state index is 0.0565. The zero-order chi connectivity index (χ0) is 21.5. The molecule has 1 aromatic heterocycles. The van der Waals surface area contributed by atoms with E-state index in [1.807, 2.05) is 42.5 Å². The van der Waals surface area contributed by atoms with Crippen LogP contribution in [-0.2, 0) is 15.0 Å². The summed E-state index contributed by atoms with van der Waals surface area (Å²) < 4.78 is 0. The molecular weight excluding hydrogens is 378 g/mol. The first kappa shape index (κ1) is 19.9. The molecule has 0 radical (unpaired) electrons. The highest BCUT2D eigenvalue weighted by atomic mass is 16.2. The van der Waals surface area contributed by atoms with Crippen LogP contribution in [0.1, 0.15) is 32.8 Å². The SMILES string of the molecule is CC(C)(C)c1cc(=O)[nH]c2cc(NC(=O)C3CC(=O)N(c4ccccc4)C3)ccc12. The Balaban J connectivity index is 1.55. The molecule has 0 spiro atoms. The van der Waals surface area contributed by atoms with E-state index in [1.54, 1.807) is 17.0 Å². The van der Waals surface area contributed by atoms with E-state index in [9.17, 15) is 14.4 Å². The molecule has 1 saturated heterocycles. The number of anilines is 2. The zero-order valence-electron chi connectivity index (χ0n) is 17.4. The number of hydrogen-bond donors (Lipinski definition) is 2. The molecule has 1 aliphatic rings. The van der Waals surface area contributed by atoms with Crippen LogP contribution in [0.4, 0.5) is 11.4 Å². The third-order valence-electron chi connectivity index (χ3n) is 5.48. The first-order valence-electron chi connectivity index (χ1n) is 10.1. The molecule has 0 aliphatic carbocycles. The number of carbonyl (C=O) groups excluding carboxylic acids is 2. The molecule has 30 heavy (non-hydrogen) atoms. The van der Waals surface area contributed by atoms with Gasteiger partial charge in [0.2, 0.25) is 17.4 Å². The van der Waals surface area contributed by atoms with E-state index >= 15 is 0 Å². The molecule has 2 amide bonds. The number of H-pyrrole nitrogens is 1. The van der Waals surface area contributed by atoms with Crippen LogP contribution in [0, 0.1) is 5.92 Å². The quantitative estimate of drug-likeness (QED) is 0.698. The molecule has 4 rings (SSSR count). The average Bonchev–Trinajstić information content (AvgIpc) is 3.09. The highest BCUT2D eigenvalue weighted by Crippen LogP contribution is 2.30. The third kappa shape index (κ3) is 3.85. The summed E-state index contributed by atoms with van der Waals surface area (Å²) in [6.45, 7) is 6.54. The lowest BCUT2D eigenvalue weighted by atomic mass is 9.85. The minimum atomic E-state index is -0.423. The molecule has 2 aromatic carbocycles. The van der Waals surface area contributed by atoms with Crippen LogP contribution in [0.3, 0.4) is 0 Å². The Labute approximate surface area is 174 Å². The number of benzene rings is 2. The Kier molecular flexibility index (Phi) is 4.94. The van der Waals surface area contributed by atoms with Crippen molar-refractivity contribution >= 4 is 34.1 Å². The van der Waals surface area contributed by atoms with Gasteiger partial charge in [-0.3, -0.25) is 14.4 Å². The number of nitrogens with zero attached hydrogens (tertiary/aromatic N) is 1. The Bertz CT molecular complexity index is 1180. The highest BCUT2D eigenvalue weighted by molar-refractivity contribution is 6.04. The van der Waals surface area contributed by atoms with E-state index in [0.29, 0.717) is 17.7 Å². The van der Waals surface area contributed by atoms with Gasteiger partial charge in [0, 0.05) is 35.8 Å². The van der Waals surface area contributed by atoms with Gasteiger partial charge in [0.05, 0.1) is 11.4 Å². The van der Waals surface area contributed by atoms with Gasteiger partial charge in [-0.15, -0.1) is 0 Å². The highest BCUT2D eigenvalue weighted by Gasteiger charge is 2.35. The van der Waals surface area contributed by atoms with Crippen molar-refractivity contribution in [2.24, 2.45) is 5.92 Å². The summed E-state index contributed by atoms with van der Waals surface area (Å²) in [5.41, 5.74) is 2.69. The summed E-state index contributed by atoms with van der Waals surface area (Å²) >= 11 is 0. The van der Waals surface area contributed by atoms with Crippen LogP contribution in [0.15, 0.2) is 59.4 Å². The monoisotopic (exact) mass is 403 g/mol. The molecule has 6 nitrogen and oxygen atoms in total. The summed E-state index contributed by atoms with van der Waals surface area (Å²) in [5, 5.41) is 3.86. The summed E-state index contributed by atoms with van der Waals surface area (Å²) in [7, 11) is 0. The molecule has 1 fully saturated rings. The average molecular weight is 403 g/mol. The molecule has 2 heterocycles. The zero-order valence-corrected chi connectivity index (χ0v) is 17.4. The molecular formula is C24H25N3O3. The normalized spacial score (nSPS) is 16.8. The molecule has 1 unspecified atom stereocenters. The van der Waals surface area contributed by atoms with Gasteiger partial charge in [-0.05, 0) is 35.2 Å². The number of fused-ring (bicyclic) bond motifs is 1. The first-order valence-corrected chi connectivity index (χ1v) is 10.1. The second-order valence-corrected chi connectivity index (χ2v) is 8.79. The number of aromatic nitrogens is 1. The molecule has 154 valence electrons. The van der Waals surface area contributed by atoms with Gasteiger partial charge in [-0.2, -0.15) is 0 Å². The van der Waals surface area contributed by atoms with Crippen molar-refractivity contribution in [1.29, 1.82) is 0 Å². The summed E-state index contributed by atoms with van der Waals surface area (Å²) in [6.07, 6.45) is 0.180. The topological polar surface area (TPSA) is 82.3 Å². The Morgan fingerprint density at radius 2 is 1.80 bits per heavy atom. The summed E-state index contributed by atoms with van der Waals surface area (Å²) in [5.74, 6) is -0.678. The predicted molar refractivity (Wildman–Crippen MR) is 119 cm³/mol. The fourth-order valence-electron chi connectivity index (χ4n) is 3.94. The molecule has 0 bridgehead atoms. The van der Waals surface area contributed by atoms with Gasteiger partial charge in [-0.1, -0.05) is 45.0 Å². The largest absolute Gasteiger partial charge is 0.326 e. The van der Waals surface area contributed by atoms with E-state index in [4.69, 9.17) is 0 Å². The molecule has 6 heteroatoms. The van der Waals surface area contributed by atoms with Crippen molar-refractivity contribution in [3.8, 4) is 0 Å². The lowest BCUT2D eigenvalue weighted by molar-refractivity contribution is -0.122. The Morgan fingerprint density at radius 3 is 2.50 bits per heavy atom. The van der Waals surface area contributed by atoms with Crippen LogP contribution in [0.25, 0.3) is 10.9 Å². The van der Waals surface area contributed by atoms with Crippen LogP contribution in [-0.4, -0.2) is 23.3 Å². The van der Waals surface area contributed by atoms with E-state index in [-0.39, 0.29) is 29.2 Å². The van der Waals surface area contributed by atoms with Crippen molar-refractivity contribution in [1.82, 2.24) is 4.98 Å². The molecule has 1 aliphatic heterocycles. The standard InChI is InChI=1S/C24H25N3O3/c1-24(2,3)19-13-21(28)26-20-12-16(9-10-18(19)20)25-23(30)15-11-22(29)27(14-15)17-7-5-4-6-8-17/h4-10,12-13,15H,11,14H2,1-3H3,(H,25,30)(H,26,28). The minimum Gasteiger partial charge on any atom is -0.326 e. The lowest BCUT2D eigenvalue weighted by Gasteiger charge is -2.21. The van der Waals surface area contributed by atoms with Crippen LogP contribution in [0.5, 0.6) is 0 Å². The number of hydrogen-bond acceptors (Lipinski definition) is 3. The van der Waals surface area contributed by atoms with Crippen molar-refractivity contribution in [3.63, 3.8) is 0 Å². The van der Waals surface area contributed by atoms with E-state index < -0.39 is 5.92 Å². The summed E-state index contributed by atoms with van der Waals surface area (Å²) in [6, 6.07) is 16.5. The Hall–Kier alpha value is -3.41. The molecule has 0 saturated carbocycles. The van der Waals surface area contributed by atoms with Crippen molar-refractivity contribution in [2.45, 2.75) is 32.6 Å². The van der Waals surface area contributed by atoms with Gasteiger partial charge in [0.1, 0.15) is 0 Å². The van der Waals surface area contributed by atoms with Crippen LogP contribution < -0.4 is 15.8 Å². The predicted octanol–water partition coefficient (Wildman–Crippen LogP) is 3.82. The van der Waals surface area contributed by atoms with Crippen LogP contribution in [0.2, 0.25) is 0 Å². The van der Waals surface area contributed by atoms with Crippen molar-refractivity contribution in [3.05, 3.63) is 70.5 Å². The van der Waals surface area contributed by atoms with E-state index in [1.165, 1.54) is 0 Å². The second-order valence-electron chi connectivity index (χ2n) is 8.79. The third-order valence-corrected chi connectivity index (χ3v) is 5.48. The maximum absolute atomic E-state index is 12.8. The maximum Gasteiger partial charge on any atom is 0.248 e. The maximum atomic E-state index is 12.8. The molecule has 2 N–H and O–H groups in total. The van der Waals surface area contributed by atoms with Gasteiger partial charge >= 0.3 is 0 Å². The number of pyridine rings is 1. The van der Waals surface area contributed by atoms with E-state index in [2.05, 4.69) is 31.1 Å². The van der Waals surface area contributed by atoms with Crippen molar-refractivity contribution < 1.29 is 9.59 Å².